The van der Waals surface area contributed by atoms with Crippen LogP contribution in [0.2, 0.25) is 0 Å². The Kier molecular flexibility index (Phi) is 5.63. The molecular formula is C13H19F2N3O2S. The van der Waals surface area contributed by atoms with Gasteiger partial charge in [0.05, 0.1) is 4.90 Å². The molecule has 2 N–H and O–H groups in total. The van der Waals surface area contributed by atoms with E-state index in [1.165, 1.54) is 0 Å². The van der Waals surface area contributed by atoms with Crippen LogP contribution in [0.1, 0.15) is 6.42 Å². The predicted octanol–water partition coefficient (Wildman–Crippen LogP) is 0.538. The molecule has 2 rings (SSSR count). The van der Waals surface area contributed by atoms with Crippen molar-refractivity contribution < 1.29 is 17.2 Å². The van der Waals surface area contributed by atoms with Crippen molar-refractivity contribution >= 4 is 10.0 Å². The molecule has 1 aliphatic rings. The van der Waals surface area contributed by atoms with Crippen molar-refractivity contribution in [2.24, 2.45) is 0 Å². The number of hydrogen-bond donors (Lipinski definition) is 2. The van der Waals surface area contributed by atoms with Crippen LogP contribution in [0.15, 0.2) is 23.1 Å². The molecule has 1 aromatic rings. The summed E-state index contributed by atoms with van der Waals surface area (Å²) in [5, 5.41) is 3.24. The van der Waals surface area contributed by atoms with Gasteiger partial charge >= 0.3 is 0 Å². The molecule has 0 aliphatic carbocycles. The highest BCUT2D eigenvalue weighted by molar-refractivity contribution is 7.89. The maximum absolute atomic E-state index is 13.0. The van der Waals surface area contributed by atoms with E-state index in [4.69, 9.17) is 0 Å². The molecule has 0 amide bonds. The van der Waals surface area contributed by atoms with Crippen LogP contribution < -0.4 is 10.0 Å². The van der Waals surface area contributed by atoms with Gasteiger partial charge in [-0.25, -0.2) is 21.9 Å². The predicted molar refractivity (Wildman–Crippen MR) is 75.5 cm³/mol. The number of hydrogen-bond acceptors (Lipinski definition) is 4. The number of benzene rings is 1. The van der Waals surface area contributed by atoms with Gasteiger partial charge in [0, 0.05) is 38.8 Å². The summed E-state index contributed by atoms with van der Waals surface area (Å²) in [6.45, 7) is 4.80. The third kappa shape index (κ3) is 4.99. The van der Waals surface area contributed by atoms with Gasteiger partial charge in [0.2, 0.25) is 10.0 Å². The quantitative estimate of drug-likeness (QED) is 0.751. The Labute approximate surface area is 123 Å². The molecule has 0 atom stereocenters. The summed E-state index contributed by atoms with van der Waals surface area (Å²) in [5.74, 6) is -1.81. The molecule has 0 aromatic heterocycles. The van der Waals surface area contributed by atoms with Crippen molar-refractivity contribution in [2.75, 3.05) is 39.3 Å². The normalized spacial score (nSPS) is 17.0. The third-order valence-electron chi connectivity index (χ3n) is 3.30. The van der Waals surface area contributed by atoms with Crippen LogP contribution in [0.4, 0.5) is 8.78 Å². The fourth-order valence-corrected chi connectivity index (χ4v) is 3.33. The summed E-state index contributed by atoms with van der Waals surface area (Å²) < 4.78 is 52.3. The van der Waals surface area contributed by atoms with E-state index in [0.717, 1.165) is 44.9 Å². The summed E-state index contributed by atoms with van der Waals surface area (Å²) in [4.78, 5) is 1.86. The molecule has 1 heterocycles. The lowest BCUT2D eigenvalue weighted by atomic mass is 10.3. The zero-order valence-electron chi connectivity index (χ0n) is 11.6. The van der Waals surface area contributed by atoms with E-state index in [9.17, 15) is 17.2 Å². The zero-order valence-corrected chi connectivity index (χ0v) is 12.4. The van der Waals surface area contributed by atoms with Gasteiger partial charge in [-0.1, -0.05) is 0 Å². The number of nitrogens with one attached hydrogen (secondary N) is 2. The third-order valence-corrected chi connectivity index (χ3v) is 4.74. The van der Waals surface area contributed by atoms with Crippen molar-refractivity contribution in [3.63, 3.8) is 0 Å². The van der Waals surface area contributed by atoms with E-state index in [1.54, 1.807) is 0 Å². The molecular weight excluding hydrogens is 300 g/mol. The first-order chi connectivity index (χ1) is 9.97. The van der Waals surface area contributed by atoms with E-state index < -0.39 is 21.7 Å². The van der Waals surface area contributed by atoms with Crippen LogP contribution in [0.3, 0.4) is 0 Å². The van der Waals surface area contributed by atoms with Gasteiger partial charge in [0.25, 0.3) is 0 Å². The molecule has 118 valence electrons. The monoisotopic (exact) mass is 319 g/mol. The highest BCUT2D eigenvalue weighted by Gasteiger charge is 2.16. The summed E-state index contributed by atoms with van der Waals surface area (Å²) in [6.07, 6.45) is 0.650. The van der Waals surface area contributed by atoms with Crippen LogP contribution in [0, 0.1) is 11.6 Å². The topological polar surface area (TPSA) is 61.4 Å². The molecule has 1 fully saturated rings. The molecule has 1 aliphatic heterocycles. The second-order valence-electron chi connectivity index (χ2n) is 4.95. The fraction of sp³-hybridized carbons (Fsp3) is 0.538. The van der Waals surface area contributed by atoms with Crippen molar-refractivity contribution in [1.29, 1.82) is 0 Å². The molecule has 21 heavy (non-hydrogen) atoms. The second kappa shape index (κ2) is 7.26. The van der Waals surface area contributed by atoms with Gasteiger partial charge in [-0.15, -0.1) is 0 Å². The second-order valence-corrected chi connectivity index (χ2v) is 6.72. The maximum atomic E-state index is 13.0. The van der Waals surface area contributed by atoms with Gasteiger partial charge in [-0.2, -0.15) is 0 Å². The largest absolute Gasteiger partial charge is 0.314 e. The van der Waals surface area contributed by atoms with E-state index in [0.29, 0.717) is 12.5 Å². The van der Waals surface area contributed by atoms with Crippen molar-refractivity contribution in [1.82, 2.24) is 14.9 Å². The Morgan fingerprint density at radius 2 is 1.76 bits per heavy atom. The summed E-state index contributed by atoms with van der Waals surface area (Å²) in [6, 6.07) is 2.26. The first kappa shape index (κ1) is 16.3. The molecule has 0 radical (unpaired) electrons. The number of piperazine rings is 1. The van der Waals surface area contributed by atoms with Crippen LogP contribution in [0.5, 0.6) is 0 Å². The van der Waals surface area contributed by atoms with Crippen LogP contribution in [-0.2, 0) is 10.0 Å². The minimum atomic E-state index is -3.87. The van der Waals surface area contributed by atoms with Gasteiger partial charge in [-0.3, -0.25) is 0 Å². The lowest BCUT2D eigenvalue weighted by molar-refractivity contribution is 0.239. The molecule has 1 aromatic carbocycles. The van der Waals surface area contributed by atoms with Crippen LogP contribution in [0.25, 0.3) is 0 Å². The molecule has 8 heteroatoms. The van der Waals surface area contributed by atoms with Crippen LogP contribution in [-0.4, -0.2) is 52.6 Å². The molecule has 1 saturated heterocycles. The van der Waals surface area contributed by atoms with Gasteiger partial charge in [-0.05, 0) is 25.1 Å². The average molecular weight is 319 g/mol. The summed E-state index contributed by atoms with van der Waals surface area (Å²) in [7, 11) is -3.87. The fourth-order valence-electron chi connectivity index (χ4n) is 2.21. The molecule has 0 saturated carbocycles. The van der Waals surface area contributed by atoms with E-state index in [-0.39, 0.29) is 11.4 Å². The lowest BCUT2D eigenvalue weighted by Crippen LogP contribution is -2.44. The Balaban J connectivity index is 1.83. The van der Waals surface area contributed by atoms with Gasteiger partial charge < -0.3 is 10.2 Å². The minimum Gasteiger partial charge on any atom is -0.314 e. The van der Waals surface area contributed by atoms with Crippen molar-refractivity contribution in [2.45, 2.75) is 11.3 Å². The van der Waals surface area contributed by atoms with E-state index in [2.05, 4.69) is 14.9 Å². The van der Waals surface area contributed by atoms with E-state index in [1.807, 2.05) is 0 Å². The summed E-state index contributed by atoms with van der Waals surface area (Å²) in [5.41, 5.74) is 0. The molecule has 0 unspecified atom stereocenters. The smallest absolute Gasteiger partial charge is 0.240 e. The Morgan fingerprint density at radius 1 is 1.14 bits per heavy atom. The SMILES string of the molecule is O=S(=O)(NCCCN1CCNCC1)c1cc(F)cc(F)c1. The molecule has 5 nitrogen and oxygen atoms in total. The van der Waals surface area contributed by atoms with Crippen molar-refractivity contribution in [3.05, 3.63) is 29.8 Å². The standard InChI is InChI=1S/C13H19F2N3O2S/c14-11-8-12(15)10-13(9-11)21(19,20)17-2-1-5-18-6-3-16-4-7-18/h8-10,16-17H,1-7H2. The van der Waals surface area contributed by atoms with Gasteiger partial charge in [0.1, 0.15) is 11.6 Å². The first-order valence-corrected chi connectivity index (χ1v) is 8.34. The Hall–Kier alpha value is -1.09. The lowest BCUT2D eigenvalue weighted by Gasteiger charge is -2.27. The maximum Gasteiger partial charge on any atom is 0.240 e. The zero-order chi connectivity index (χ0) is 15.3. The molecule has 0 bridgehead atoms. The number of rotatable bonds is 6. The Bertz CT molecular complexity index is 555. The number of halogens is 2. The minimum absolute atomic E-state index is 0.240. The average Bonchev–Trinajstić information content (AvgIpc) is 2.44. The molecule has 0 spiro atoms. The van der Waals surface area contributed by atoms with Crippen LogP contribution >= 0.6 is 0 Å². The van der Waals surface area contributed by atoms with Gasteiger partial charge in [0.15, 0.2) is 0 Å². The Morgan fingerprint density at radius 3 is 2.38 bits per heavy atom. The highest BCUT2D eigenvalue weighted by Crippen LogP contribution is 2.13. The number of sulfonamides is 1. The number of nitrogens with zero attached hydrogens (tertiary/aromatic N) is 1. The highest BCUT2D eigenvalue weighted by atomic mass is 32.2. The van der Waals surface area contributed by atoms with E-state index >= 15 is 0 Å². The summed E-state index contributed by atoms with van der Waals surface area (Å²) >= 11 is 0. The van der Waals surface area contributed by atoms with Crippen molar-refractivity contribution in [3.8, 4) is 0 Å². The first-order valence-electron chi connectivity index (χ1n) is 6.86.